The van der Waals surface area contributed by atoms with E-state index in [4.69, 9.17) is 4.74 Å². The number of benzene rings is 2. The van der Waals surface area contributed by atoms with Crippen molar-refractivity contribution in [3.8, 4) is 16.9 Å². The zero-order chi connectivity index (χ0) is 21.6. The fraction of sp³-hybridized carbons (Fsp3) is 0.0435. The summed E-state index contributed by atoms with van der Waals surface area (Å²) in [5.74, 6) is -0.261. The Morgan fingerprint density at radius 1 is 0.871 bits per heavy atom. The van der Waals surface area contributed by atoms with E-state index in [1.807, 2.05) is 60.7 Å². The summed E-state index contributed by atoms with van der Waals surface area (Å²) in [7, 11) is 1.28. The minimum Gasteiger partial charge on any atom is -0.464 e. The normalized spacial score (nSPS) is 10.4. The Morgan fingerprint density at radius 3 is 2.19 bits per heavy atom. The van der Waals surface area contributed by atoms with Crippen LogP contribution in [0.15, 0.2) is 85.1 Å². The molecule has 2 amide bonds. The average molecular weight is 413 g/mol. The molecule has 4 aromatic rings. The summed E-state index contributed by atoms with van der Waals surface area (Å²) in [5.41, 5.74) is 2.15. The van der Waals surface area contributed by atoms with Crippen molar-refractivity contribution in [1.82, 2.24) is 14.8 Å². The Hall–Kier alpha value is -4.46. The Labute approximate surface area is 178 Å². The van der Waals surface area contributed by atoms with Crippen LogP contribution in [-0.2, 0) is 4.74 Å². The molecule has 0 radical (unpaired) electrons. The fourth-order valence-electron chi connectivity index (χ4n) is 3.07. The lowest BCUT2D eigenvalue weighted by molar-refractivity contribution is 0.0591. The minimum atomic E-state index is -0.633. The number of nitrogens with zero attached hydrogens (tertiary/aromatic N) is 3. The quantitative estimate of drug-likeness (QED) is 0.474. The van der Waals surface area contributed by atoms with Crippen molar-refractivity contribution in [3.63, 3.8) is 0 Å². The van der Waals surface area contributed by atoms with Crippen molar-refractivity contribution >= 4 is 23.5 Å². The molecule has 31 heavy (non-hydrogen) atoms. The van der Waals surface area contributed by atoms with E-state index in [1.165, 1.54) is 11.8 Å². The van der Waals surface area contributed by atoms with E-state index in [1.54, 1.807) is 24.4 Å². The Morgan fingerprint density at radius 2 is 1.55 bits per heavy atom. The van der Waals surface area contributed by atoms with E-state index >= 15 is 0 Å². The van der Waals surface area contributed by atoms with Gasteiger partial charge in [-0.3, -0.25) is 5.32 Å². The first-order chi connectivity index (χ1) is 15.2. The highest BCUT2D eigenvalue weighted by atomic mass is 16.5. The smallest absolute Gasteiger partial charge is 0.359 e. The van der Waals surface area contributed by atoms with Crippen molar-refractivity contribution in [1.29, 1.82) is 0 Å². The molecule has 2 heterocycles. The number of methoxy groups -OCH3 is 1. The van der Waals surface area contributed by atoms with Gasteiger partial charge in [0.05, 0.1) is 12.8 Å². The average Bonchev–Trinajstić information content (AvgIpc) is 3.19. The first-order valence-corrected chi connectivity index (χ1v) is 9.48. The van der Waals surface area contributed by atoms with Crippen molar-refractivity contribution < 1.29 is 14.3 Å². The van der Waals surface area contributed by atoms with E-state index in [2.05, 4.69) is 20.7 Å². The molecule has 8 heteroatoms. The highest BCUT2D eigenvalue weighted by Gasteiger charge is 2.27. The molecule has 0 aliphatic carbocycles. The summed E-state index contributed by atoms with van der Waals surface area (Å²) >= 11 is 0. The number of anilines is 2. The van der Waals surface area contributed by atoms with Gasteiger partial charge in [-0.25, -0.2) is 19.3 Å². The van der Waals surface area contributed by atoms with Gasteiger partial charge in [-0.2, -0.15) is 5.10 Å². The summed E-state index contributed by atoms with van der Waals surface area (Å²) in [6.45, 7) is 0. The van der Waals surface area contributed by atoms with Crippen LogP contribution >= 0.6 is 0 Å². The van der Waals surface area contributed by atoms with Gasteiger partial charge in [0.15, 0.2) is 5.69 Å². The lowest BCUT2D eigenvalue weighted by Gasteiger charge is -2.10. The van der Waals surface area contributed by atoms with Crippen LogP contribution < -0.4 is 10.6 Å². The maximum atomic E-state index is 12.7. The van der Waals surface area contributed by atoms with Crippen LogP contribution in [0.3, 0.4) is 0 Å². The van der Waals surface area contributed by atoms with Gasteiger partial charge in [-0.15, -0.1) is 0 Å². The largest absolute Gasteiger partial charge is 0.464 e. The fourth-order valence-corrected chi connectivity index (χ4v) is 3.07. The van der Waals surface area contributed by atoms with E-state index in [0.29, 0.717) is 17.2 Å². The Kier molecular flexibility index (Phi) is 5.70. The lowest BCUT2D eigenvalue weighted by atomic mass is 10.1. The highest BCUT2D eigenvalue weighted by Crippen LogP contribution is 2.33. The molecule has 0 aliphatic heterocycles. The van der Waals surface area contributed by atoms with Gasteiger partial charge >= 0.3 is 12.0 Å². The number of nitrogens with one attached hydrogen (secondary N) is 2. The lowest BCUT2D eigenvalue weighted by Crippen LogP contribution is -2.22. The SMILES string of the molecule is COC(=O)c1c(NC(=O)Nc2ccccn2)c(-c2ccccc2)nn1-c1ccccc1. The number of urea groups is 1. The molecule has 0 fully saturated rings. The third-order valence-corrected chi connectivity index (χ3v) is 4.46. The van der Waals surface area contributed by atoms with Gasteiger partial charge in [-0.1, -0.05) is 54.6 Å². The van der Waals surface area contributed by atoms with Crippen molar-refractivity contribution in [2.24, 2.45) is 0 Å². The van der Waals surface area contributed by atoms with Crippen molar-refractivity contribution in [2.75, 3.05) is 17.7 Å². The molecule has 0 spiro atoms. The molecule has 0 unspecified atom stereocenters. The van der Waals surface area contributed by atoms with E-state index in [9.17, 15) is 9.59 Å². The van der Waals surface area contributed by atoms with Crippen LogP contribution in [0.1, 0.15) is 10.5 Å². The predicted octanol–water partition coefficient (Wildman–Crippen LogP) is 4.36. The van der Waals surface area contributed by atoms with Crippen LogP contribution in [0.4, 0.5) is 16.3 Å². The van der Waals surface area contributed by atoms with Crippen molar-refractivity contribution in [3.05, 3.63) is 90.8 Å². The molecule has 0 aliphatic rings. The molecular formula is C23H19N5O3. The highest BCUT2D eigenvalue weighted by molar-refractivity contribution is 6.07. The summed E-state index contributed by atoms with van der Waals surface area (Å²) in [6, 6.07) is 23.0. The van der Waals surface area contributed by atoms with Gasteiger partial charge < -0.3 is 10.1 Å². The van der Waals surface area contributed by atoms with Gasteiger partial charge in [0.25, 0.3) is 0 Å². The maximum Gasteiger partial charge on any atom is 0.359 e. The second-order valence-electron chi connectivity index (χ2n) is 6.47. The third kappa shape index (κ3) is 4.27. The number of hydrogen-bond acceptors (Lipinski definition) is 5. The summed E-state index contributed by atoms with van der Waals surface area (Å²) in [5, 5.41) is 10.0. The number of amides is 2. The number of aromatic nitrogens is 3. The monoisotopic (exact) mass is 413 g/mol. The number of hydrogen-bond donors (Lipinski definition) is 2. The predicted molar refractivity (Wildman–Crippen MR) is 117 cm³/mol. The zero-order valence-electron chi connectivity index (χ0n) is 16.6. The first-order valence-electron chi connectivity index (χ1n) is 9.48. The molecule has 0 atom stereocenters. The van der Waals surface area contributed by atoms with E-state index in [0.717, 1.165) is 5.56 Å². The molecule has 0 saturated heterocycles. The molecular weight excluding hydrogens is 394 g/mol. The molecule has 0 bridgehead atoms. The van der Waals surface area contributed by atoms with E-state index in [-0.39, 0.29) is 11.4 Å². The van der Waals surface area contributed by atoms with Crippen LogP contribution in [0.2, 0.25) is 0 Å². The van der Waals surface area contributed by atoms with Crippen LogP contribution in [0.5, 0.6) is 0 Å². The second-order valence-corrected chi connectivity index (χ2v) is 6.47. The second kappa shape index (κ2) is 8.91. The number of ether oxygens (including phenoxy) is 1. The third-order valence-electron chi connectivity index (χ3n) is 4.46. The number of rotatable bonds is 5. The standard InChI is InChI=1S/C23H19N5O3/c1-31-22(29)21-20(26-23(30)25-18-14-8-9-15-24-18)19(16-10-4-2-5-11-16)27-28(21)17-12-6-3-7-13-17/h2-15H,1H3,(H2,24,25,26,30). The molecule has 8 nitrogen and oxygen atoms in total. The number of para-hydroxylation sites is 1. The molecule has 2 aromatic carbocycles. The first kappa shape index (κ1) is 19.8. The molecule has 4 rings (SSSR count). The summed E-state index contributed by atoms with van der Waals surface area (Å²) < 4.78 is 6.47. The van der Waals surface area contributed by atoms with Crippen LogP contribution in [0.25, 0.3) is 16.9 Å². The molecule has 154 valence electrons. The topological polar surface area (TPSA) is 98.1 Å². The van der Waals surface area contributed by atoms with Crippen LogP contribution in [0, 0.1) is 0 Å². The van der Waals surface area contributed by atoms with E-state index < -0.39 is 12.0 Å². The molecule has 2 N–H and O–H groups in total. The molecule has 2 aromatic heterocycles. The van der Waals surface area contributed by atoms with Gasteiger partial charge in [0.1, 0.15) is 17.2 Å². The number of carbonyl (C=O) groups excluding carboxylic acids is 2. The van der Waals surface area contributed by atoms with Crippen molar-refractivity contribution in [2.45, 2.75) is 0 Å². The Balaban J connectivity index is 1.83. The summed E-state index contributed by atoms with van der Waals surface area (Å²) in [6.07, 6.45) is 1.57. The minimum absolute atomic E-state index is 0.101. The van der Waals surface area contributed by atoms with Gasteiger partial charge in [-0.05, 0) is 24.3 Å². The molecule has 0 saturated carbocycles. The number of carbonyl (C=O) groups is 2. The zero-order valence-corrected chi connectivity index (χ0v) is 16.6. The maximum absolute atomic E-state index is 12.7. The number of pyridine rings is 1. The van der Waals surface area contributed by atoms with Gasteiger partial charge in [0.2, 0.25) is 0 Å². The Bertz CT molecular complexity index is 1190. The van der Waals surface area contributed by atoms with Gasteiger partial charge in [0, 0.05) is 11.8 Å². The number of esters is 1. The van der Waals surface area contributed by atoms with Crippen LogP contribution in [-0.4, -0.2) is 33.9 Å². The summed E-state index contributed by atoms with van der Waals surface area (Å²) in [4.78, 5) is 29.6.